The standard InChI is InChI=1S/C27H23Cl2F2NO7/c1-36-16-8-6-14(21(11-16)37-2)13-32-19-9-7-15(28)10-18(19)25(38-22(26(32)35)12-23(33)34)17-4-3-5-20(24(17)29)39-27(30)31/h3-11,22,25,27H,12-13H2,1-2H3,(H,33,34). The van der Waals surface area contributed by atoms with E-state index < -0.39 is 37.1 Å². The highest BCUT2D eigenvalue weighted by atomic mass is 35.5. The van der Waals surface area contributed by atoms with E-state index in [9.17, 15) is 23.5 Å². The highest BCUT2D eigenvalue weighted by Crippen LogP contribution is 2.45. The van der Waals surface area contributed by atoms with E-state index in [0.717, 1.165) is 0 Å². The van der Waals surface area contributed by atoms with Crippen molar-refractivity contribution in [3.8, 4) is 17.2 Å². The zero-order valence-electron chi connectivity index (χ0n) is 20.7. The molecule has 1 N–H and O–H groups in total. The molecule has 0 radical (unpaired) electrons. The molecule has 1 heterocycles. The normalized spacial score (nSPS) is 17.0. The molecule has 12 heteroatoms. The van der Waals surface area contributed by atoms with E-state index in [1.54, 1.807) is 36.4 Å². The second-order valence-electron chi connectivity index (χ2n) is 8.45. The van der Waals surface area contributed by atoms with Crippen molar-refractivity contribution in [3.05, 3.63) is 81.3 Å². The summed E-state index contributed by atoms with van der Waals surface area (Å²) < 4.78 is 47.4. The number of fused-ring (bicyclic) bond motifs is 1. The molecule has 206 valence electrons. The van der Waals surface area contributed by atoms with Crippen molar-refractivity contribution >= 4 is 40.8 Å². The van der Waals surface area contributed by atoms with Crippen LogP contribution in [0.5, 0.6) is 17.2 Å². The first kappa shape index (κ1) is 28.4. The number of alkyl halides is 2. The summed E-state index contributed by atoms with van der Waals surface area (Å²) in [5.41, 5.74) is 1.51. The van der Waals surface area contributed by atoms with Gasteiger partial charge in [-0.15, -0.1) is 0 Å². The van der Waals surface area contributed by atoms with Crippen LogP contribution in [0.3, 0.4) is 0 Å². The number of carbonyl (C=O) groups excluding carboxylic acids is 1. The average molecular weight is 582 g/mol. The Bertz CT molecular complexity index is 1390. The number of rotatable bonds is 9. The first-order valence-electron chi connectivity index (χ1n) is 11.5. The van der Waals surface area contributed by atoms with E-state index in [4.69, 9.17) is 37.4 Å². The first-order chi connectivity index (χ1) is 18.6. The van der Waals surface area contributed by atoms with Gasteiger partial charge in [0.15, 0.2) is 0 Å². The van der Waals surface area contributed by atoms with Gasteiger partial charge in [0, 0.05) is 27.8 Å². The van der Waals surface area contributed by atoms with E-state index in [2.05, 4.69) is 4.74 Å². The second kappa shape index (κ2) is 12.1. The smallest absolute Gasteiger partial charge is 0.387 e. The lowest BCUT2D eigenvalue weighted by Gasteiger charge is -2.26. The third-order valence-corrected chi connectivity index (χ3v) is 6.72. The van der Waals surface area contributed by atoms with Crippen molar-refractivity contribution in [2.24, 2.45) is 0 Å². The maximum atomic E-state index is 13.8. The number of carboxylic acid groups (broad SMARTS) is 1. The first-order valence-corrected chi connectivity index (χ1v) is 12.3. The fourth-order valence-corrected chi connectivity index (χ4v) is 4.79. The third kappa shape index (κ3) is 6.19. The Hall–Kier alpha value is -3.60. The van der Waals surface area contributed by atoms with E-state index in [1.165, 1.54) is 37.3 Å². The minimum Gasteiger partial charge on any atom is -0.497 e. The molecule has 0 fully saturated rings. The number of amides is 1. The van der Waals surface area contributed by atoms with Crippen molar-refractivity contribution in [2.75, 3.05) is 19.1 Å². The zero-order chi connectivity index (χ0) is 28.3. The second-order valence-corrected chi connectivity index (χ2v) is 9.26. The van der Waals surface area contributed by atoms with Crippen LogP contribution in [0.2, 0.25) is 10.0 Å². The number of methoxy groups -OCH3 is 2. The molecule has 3 aromatic carbocycles. The Balaban J connectivity index is 1.89. The van der Waals surface area contributed by atoms with Gasteiger partial charge in [-0.3, -0.25) is 9.59 Å². The van der Waals surface area contributed by atoms with E-state index in [-0.39, 0.29) is 22.9 Å². The summed E-state index contributed by atoms with van der Waals surface area (Å²) in [5.74, 6) is -1.25. The summed E-state index contributed by atoms with van der Waals surface area (Å²) in [4.78, 5) is 26.9. The van der Waals surface area contributed by atoms with Gasteiger partial charge in [0.1, 0.15) is 29.5 Å². The van der Waals surface area contributed by atoms with E-state index >= 15 is 0 Å². The maximum absolute atomic E-state index is 13.8. The van der Waals surface area contributed by atoms with Crippen LogP contribution in [0.15, 0.2) is 54.6 Å². The van der Waals surface area contributed by atoms with Crippen molar-refractivity contribution in [1.82, 2.24) is 0 Å². The number of benzene rings is 3. The molecule has 0 saturated heterocycles. The molecule has 0 aromatic heterocycles. The lowest BCUT2D eigenvalue weighted by molar-refractivity contribution is -0.147. The van der Waals surface area contributed by atoms with Gasteiger partial charge in [0.2, 0.25) is 0 Å². The number of halogens is 4. The van der Waals surface area contributed by atoms with Crippen LogP contribution in [0.25, 0.3) is 0 Å². The molecule has 3 aromatic rings. The summed E-state index contributed by atoms with van der Waals surface area (Å²) in [6.45, 7) is -3.15. The molecule has 0 aliphatic carbocycles. The number of nitrogens with zero attached hydrogens (tertiary/aromatic N) is 1. The van der Waals surface area contributed by atoms with Gasteiger partial charge < -0.3 is 29.0 Å². The van der Waals surface area contributed by atoms with Crippen LogP contribution >= 0.6 is 23.2 Å². The van der Waals surface area contributed by atoms with Crippen LogP contribution < -0.4 is 19.1 Å². The van der Waals surface area contributed by atoms with Crippen LogP contribution in [0.1, 0.15) is 29.2 Å². The monoisotopic (exact) mass is 581 g/mol. The van der Waals surface area contributed by atoms with Gasteiger partial charge >= 0.3 is 12.6 Å². The quantitative estimate of drug-likeness (QED) is 0.326. The number of anilines is 1. The van der Waals surface area contributed by atoms with Crippen molar-refractivity contribution in [1.29, 1.82) is 0 Å². The molecule has 1 aliphatic heterocycles. The predicted octanol–water partition coefficient (Wildman–Crippen LogP) is 6.11. The average Bonchev–Trinajstić information content (AvgIpc) is 3.00. The van der Waals surface area contributed by atoms with Crippen LogP contribution in [-0.4, -0.2) is 43.9 Å². The molecular weight excluding hydrogens is 559 g/mol. The van der Waals surface area contributed by atoms with Crippen molar-refractivity contribution in [3.63, 3.8) is 0 Å². The predicted molar refractivity (Wildman–Crippen MR) is 139 cm³/mol. The summed E-state index contributed by atoms with van der Waals surface area (Å²) in [6.07, 6.45) is -3.28. The molecule has 0 saturated carbocycles. The molecule has 2 unspecified atom stereocenters. The van der Waals surface area contributed by atoms with Crippen molar-refractivity contribution in [2.45, 2.75) is 31.8 Å². The number of carboxylic acids is 1. The number of hydrogen-bond acceptors (Lipinski definition) is 6. The summed E-state index contributed by atoms with van der Waals surface area (Å²) >= 11 is 12.8. The molecule has 8 nitrogen and oxygen atoms in total. The lowest BCUT2D eigenvalue weighted by atomic mass is 9.98. The lowest BCUT2D eigenvalue weighted by Crippen LogP contribution is -2.40. The van der Waals surface area contributed by atoms with Gasteiger partial charge in [-0.1, -0.05) is 35.3 Å². The summed E-state index contributed by atoms with van der Waals surface area (Å²) in [7, 11) is 2.98. The molecule has 1 amide bonds. The number of hydrogen-bond donors (Lipinski definition) is 1. The summed E-state index contributed by atoms with van der Waals surface area (Å²) in [6, 6.07) is 14.0. The molecule has 0 bridgehead atoms. The molecule has 0 spiro atoms. The highest BCUT2D eigenvalue weighted by molar-refractivity contribution is 6.33. The van der Waals surface area contributed by atoms with Crippen LogP contribution in [0, 0.1) is 0 Å². The number of carbonyl (C=O) groups is 2. The Kier molecular flexibility index (Phi) is 8.79. The topological polar surface area (TPSA) is 94.5 Å². The molecule has 4 rings (SSSR count). The Morgan fingerprint density at radius 3 is 2.49 bits per heavy atom. The van der Waals surface area contributed by atoms with E-state index in [0.29, 0.717) is 33.3 Å². The summed E-state index contributed by atoms with van der Waals surface area (Å²) in [5, 5.41) is 9.69. The minimum atomic E-state index is -3.13. The largest absolute Gasteiger partial charge is 0.497 e. The van der Waals surface area contributed by atoms with Gasteiger partial charge in [0.05, 0.1) is 37.9 Å². The van der Waals surface area contributed by atoms with E-state index in [1.807, 2.05) is 0 Å². The maximum Gasteiger partial charge on any atom is 0.387 e. The zero-order valence-corrected chi connectivity index (χ0v) is 22.2. The third-order valence-electron chi connectivity index (χ3n) is 6.08. The Labute approximate surface area is 232 Å². The number of aliphatic carboxylic acids is 1. The Morgan fingerprint density at radius 2 is 1.82 bits per heavy atom. The minimum absolute atomic E-state index is 0.0188. The molecule has 1 aliphatic rings. The fraction of sp³-hybridized carbons (Fsp3) is 0.259. The van der Waals surface area contributed by atoms with Gasteiger partial charge in [0.25, 0.3) is 5.91 Å². The SMILES string of the molecule is COc1ccc(CN2C(=O)C(CC(=O)O)OC(c3cccc(OC(F)F)c3Cl)c3cc(Cl)ccc32)c(OC)c1. The van der Waals surface area contributed by atoms with Gasteiger partial charge in [-0.2, -0.15) is 8.78 Å². The van der Waals surface area contributed by atoms with Gasteiger partial charge in [-0.05, 0) is 36.4 Å². The number of ether oxygens (including phenoxy) is 4. The van der Waals surface area contributed by atoms with Crippen LogP contribution in [0.4, 0.5) is 14.5 Å². The Morgan fingerprint density at radius 1 is 1.05 bits per heavy atom. The molecule has 39 heavy (non-hydrogen) atoms. The fourth-order valence-electron chi connectivity index (χ4n) is 4.34. The molecule has 2 atom stereocenters. The van der Waals surface area contributed by atoms with Crippen molar-refractivity contribution < 1.29 is 42.4 Å². The highest BCUT2D eigenvalue weighted by Gasteiger charge is 2.39. The van der Waals surface area contributed by atoms with Gasteiger partial charge in [-0.25, -0.2) is 0 Å². The van der Waals surface area contributed by atoms with Crippen LogP contribution in [-0.2, 0) is 20.9 Å². The molecular formula is C27H23Cl2F2NO7.